The first kappa shape index (κ1) is 24.5. The molecule has 0 atom stereocenters. The second-order valence-corrected chi connectivity index (χ2v) is 10.6. The molecular formula is C22H18Cl2IN3O3S. The maximum absolute atomic E-state index is 13.3. The number of benzene rings is 3. The first-order valence-electron chi connectivity index (χ1n) is 9.30. The van der Waals surface area contributed by atoms with Crippen molar-refractivity contribution in [3.63, 3.8) is 0 Å². The van der Waals surface area contributed by atoms with E-state index in [1.807, 2.05) is 24.3 Å². The predicted molar refractivity (Wildman–Crippen MR) is 137 cm³/mol. The van der Waals surface area contributed by atoms with Crippen LogP contribution in [0.2, 0.25) is 10.0 Å². The zero-order valence-electron chi connectivity index (χ0n) is 16.8. The highest BCUT2D eigenvalue weighted by Crippen LogP contribution is 2.30. The van der Waals surface area contributed by atoms with Crippen molar-refractivity contribution in [1.29, 1.82) is 0 Å². The Labute approximate surface area is 210 Å². The van der Waals surface area contributed by atoms with Crippen LogP contribution >= 0.6 is 45.8 Å². The van der Waals surface area contributed by atoms with Crippen LogP contribution in [-0.4, -0.2) is 26.6 Å². The fourth-order valence-electron chi connectivity index (χ4n) is 2.76. The monoisotopic (exact) mass is 601 g/mol. The molecule has 0 bridgehead atoms. The summed E-state index contributed by atoms with van der Waals surface area (Å²) in [7, 11) is -4.05. The second kappa shape index (κ2) is 10.7. The number of carbonyl (C=O) groups excluding carboxylic acids is 1. The number of hydrogen-bond donors (Lipinski definition) is 1. The summed E-state index contributed by atoms with van der Waals surface area (Å²) in [5.41, 5.74) is 4.07. The average Bonchev–Trinajstić information content (AvgIpc) is 2.78. The van der Waals surface area contributed by atoms with E-state index >= 15 is 0 Å². The SMILES string of the molecule is C/C(=N/NC(=O)CN(c1ccc(Cl)c(Cl)c1)S(=O)(=O)c1ccccc1)c1cccc(I)c1. The molecule has 0 saturated heterocycles. The largest absolute Gasteiger partial charge is 0.271 e. The summed E-state index contributed by atoms with van der Waals surface area (Å²) in [6.45, 7) is 1.25. The number of carbonyl (C=O) groups is 1. The van der Waals surface area contributed by atoms with Crippen molar-refractivity contribution < 1.29 is 13.2 Å². The minimum Gasteiger partial charge on any atom is -0.271 e. The summed E-state index contributed by atoms with van der Waals surface area (Å²) in [6.07, 6.45) is 0. The number of amides is 1. The molecule has 1 amide bonds. The van der Waals surface area contributed by atoms with Gasteiger partial charge in [0.1, 0.15) is 6.54 Å². The van der Waals surface area contributed by atoms with E-state index in [9.17, 15) is 13.2 Å². The third kappa shape index (κ3) is 6.00. The molecule has 3 aromatic rings. The van der Waals surface area contributed by atoms with E-state index in [1.165, 1.54) is 30.3 Å². The minimum atomic E-state index is -4.05. The standard InChI is InChI=1S/C22H18Cl2IN3O3S/c1-15(16-6-5-7-17(25)12-16)26-27-22(29)14-28(18-10-11-20(23)21(24)13-18)32(30,31)19-8-3-2-4-9-19/h2-13H,14H2,1H3,(H,27,29)/b26-15-. The zero-order valence-corrected chi connectivity index (χ0v) is 21.3. The van der Waals surface area contributed by atoms with Gasteiger partial charge in [0.2, 0.25) is 0 Å². The number of anilines is 1. The maximum Gasteiger partial charge on any atom is 0.264 e. The number of hydrazone groups is 1. The van der Waals surface area contributed by atoms with Gasteiger partial charge in [-0.2, -0.15) is 5.10 Å². The van der Waals surface area contributed by atoms with Crippen molar-refractivity contribution in [2.75, 3.05) is 10.8 Å². The van der Waals surface area contributed by atoms with Crippen LogP contribution in [0.3, 0.4) is 0 Å². The lowest BCUT2D eigenvalue weighted by Crippen LogP contribution is -2.39. The number of hydrogen-bond acceptors (Lipinski definition) is 4. The first-order chi connectivity index (χ1) is 15.2. The lowest BCUT2D eigenvalue weighted by atomic mass is 10.1. The van der Waals surface area contributed by atoms with Crippen LogP contribution in [0, 0.1) is 3.57 Å². The van der Waals surface area contributed by atoms with Gasteiger partial charge < -0.3 is 0 Å². The molecule has 3 aromatic carbocycles. The van der Waals surface area contributed by atoms with Crippen LogP contribution in [-0.2, 0) is 14.8 Å². The molecule has 3 rings (SSSR count). The van der Waals surface area contributed by atoms with Gasteiger partial charge in [-0.25, -0.2) is 13.8 Å². The van der Waals surface area contributed by atoms with E-state index in [1.54, 1.807) is 25.1 Å². The molecule has 0 radical (unpaired) electrons. The van der Waals surface area contributed by atoms with Crippen LogP contribution in [0.15, 0.2) is 82.8 Å². The van der Waals surface area contributed by atoms with Gasteiger partial charge in [0.25, 0.3) is 15.9 Å². The topological polar surface area (TPSA) is 78.8 Å². The highest BCUT2D eigenvalue weighted by Gasteiger charge is 2.27. The fourth-order valence-corrected chi connectivity index (χ4v) is 5.03. The summed E-state index contributed by atoms with van der Waals surface area (Å²) < 4.78 is 28.6. The van der Waals surface area contributed by atoms with Gasteiger partial charge in [-0.1, -0.05) is 53.5 Å². The number of rotatable bonds is 7. The number of halogens is 3. The third-order valence-electron chi connectivity index (χ3n) is 4.40. The van der Waals surface area contributed by atoms with E-state index < -0.39 is 22.5 Å². The van der Waals surface area contributed by atoms with Gasteiger partial charge in [0, 0.05) is 3.57 Å². The van der Waals surface area contributed by atoms with E-state index in [4.69, 9.17) is 23.2 Å². The summed E-state index contributed by atoms with van der Waals surface area (Å²) >= 11 is 14.3. The molecular weight excluding hydrogens is 584 g/mol. The van der Waals surface area contributed by atoms with Crippen molar-refractivity contribution in [3.05, 3.63) is 92.0 Å². The van der Waals surface area contributed by atoms with Crippen LogP contribution in [0.25, 0.3) is 0 Å². The average molecular weight is 602 g/mol. The Morgan fingerprint density at radius 2 is 1.72 bits per heavy atom. The van der Waals surface area contributed by atoms with E-state index in [2.05, 4.69) is 33.1 Å². The number of nitrogens with one attached hydrogen (secondary N) is 1. The molecule has 0 aliphatic carbocycles. The molecule has 0 heterocycles. The number of sulfonamides is 1. The Morgan fingerprint density at radius 1 is 1.00 bits per heavy atom. The first-order valence-corrected chi connectivity index (χ1v) is 12.6. The fraction of sp³-hybridized carbons (Fsp3) is 0.0909. The smallest absolute Gasteiger partial charge is 0.264 e. The molecule has 6 nitrogen and oxygen atoms in total. The summed E-state index contributed by atoms with van der Waals surface area (Å²) in [5, 5.41) is 4.56. The molecule has 166 valence electrons. The highest BCUT2D eigenvalue weighted by molar-refractivity contribution is 14.1. The van der Waals surface area contributed by atoms with Gasteiger partial charge in [-0.3, -0.25) is 9.10 Å². The Hall–Kier alpha value is -2.14. The predicted octanol–water partition coefficient (Wildman–Crippen LogP) is 5.33. The second-order valence-electron chi connectivity index (χ2n) is 6.67. The molecule has 32 heavy (non-hydrogen) atoms. The van der Waals surface area contributed by atoms with E-state index in [0.717, 1.165) is 13.4 Å². The van der Waals surface area contributed by atoms with Crippen molar-refractivity contribution in [1.82, 2.24) is 5.43 Å². The molecule has 0 fully saturated rings. The molecule has 0 unspecified atom stereocenters. The van der Waals surface area contributed by atoms with Gasteiger partial charge in [-0.15, -0.1) is 0 Å². The Kier molecular flexibility index (Phi) is 8.16. The molecule has 10 heteroatoms. The Balaban J connectivity index is 1.89. The molecule has 0 aliphatic heterocycles. The maximum atomic E-state index is 13.3. The highest BCUT2D eigenvalue weighted by atomic mass is 127. The molecule has 0 aromatic heterocycles. The van der Waals surface area contributed by atoms with Crippen molar-refractivity contribution in [2.45, 2.75) is 11.8 Å². The molecule has 0 saturated carbocycles. The summed E-state index contributed by atoms with van der Waals surface area (Å²) in [5.74, 6) is -0.611. The van der Waals surface area contributed by atoms with E-state index in [0.29, 0.717) is 5.71 Å². The zero-order chi connectivity index (χ0) is 23.3. The van der Waals surface area contributed by atoms with Crippen LogP contribution in [0.5, 0.6) is 0 Å². The lowest BCUT2D eigenvalue weighted by Gasteiger charge is -2.24. The van der Waals surface area contributed by atoms with Gasteiger partial charge >= 0.3 is 0 Å². The third-order valence-corrected chi connectivity index (χ3v) is 7.60. The van der Waals surface area contributed by atoms with Crippen LogP contribution < -0.4 is 9.73 Å². The quantitative estimate of drug-likeness (QED) is 0.226. The van der Waals surface area contributed by atoms with Crippen LogP contribution in [0.1, 0.15) is 12.5 Å². The van der Waals surface area contributed by atoms with Crippen molar-refractivity contribution in [2.24, 2.45) is 5.10 Å². The number of nitrogens with zero attached hydrogens (tertiary/aromatic N) is 2. The van der Waals surface area contributed by atoms with Crippen molar-refractivity contribution in [3.8, 4) is 0 Å². The van der Waals surface area contributed by atoms with E-state index in [-0.39, 0.29) is 20.6 Å². The summed E-state index contributed by atoms with van der Waals surface area (Å²) in [4.78, 5) is 12.7. The molecule has 1 N–H and O–H groups in total. The normalized spacial score (nSPS) is 11.8. The summed E-state index contributed by atoms with van der Waals surface area (Å²) in [6, 6.07) is 19.8. The van der Waals surface area contributed by atoms with Gasteiger partial charge in [0.15, 0.2) is 0 Å². The Bertz CT molecular complexity index is 1270. The van der Waals surface area contributed by atoms with Crippen molar-refractivity contribution >= 4 is 73.1 Å². The Morgan fingerprint density at radius 3 is 2.38 bits per heavy atom. The lowest BCUT2D eigenvalue weighted by molar-refractivity contribution is -0.119. The minimum absolute atomic E-state index is 0.0393. The van der Waals surface area contributed by atoms with Gasteiger partial charge in [0.05, 0.1) is 26.3 Å². The molecule has 0 aliphatic rings. The van der Waals surface area contributed by atoms with Crippen LogP contribution in [0.4, 0.5) is 5.69 Å². The molecule has 0 spiro atoms. The van der Waals surface area contributed by atoms with Gasteiger partial charge in [-0.05, 0) is 77.5 Å².